The van der Waals surface area contributed by atoms with E-state index in [2.05, 4.69) is 125 Å². The van der Waals surface area contributed by atoms with Crippen LogP contribution in [0.25, 0.3) is 60.4 Å². The van der Waals surface area contributed by atoms with Crippen molar-refractivity contribution in [3.8, 4) is 11.3 Å². The summed E-state index contributed by atoms with van der Waals surface area (Å²) in [5, 5.41) is 6.63. The third-order valence-corrected chi connectivity index (χ3v) is 8.04. The zero-order chi connectivity index (χ0) is 24.7. The molecule has 0 radical (unpaired) electrons. The molecule has 8 rings (SSSR count). The Morgan fingerprint density at radius 2 is 1.35 bits per heavy atom. The maximum Gasteiger partial charge on any atom is 0.125 e. The number of pyridine rings is 1. The van der Waals surface area contributed by atoms with E-state index >= 15 is 0 Å². The van der Waals surface area contributed by atoms with Crippen molar-refractivity contribution in [1.29, 1.82) is 0 Å². The zero-order valence-corrected chi connectivity index (χ0v) is 21.0. The number of para-hydroxylation sites is 1. The smallest absolute Gasteiger partial charge is 0.125 e. The summed E-state index contributed by atoms with van der Waals surface area (Å²) in [6, 6.07) is 33.2. The largest absolute Gasteiger partial charge is 0.354 e. The minimum Gasteiger partial charge on any atom is -0.354 e. The molecular formula is C34H27N3. The van der Waals surface area contributed by atoms with Gasteiger partial charge in [0.05, 0.1) is 11.0 Å². The molecule has 0 saturated carbocycles. The van der Waals surface area contributed by atoms with E-state index in [0.717, 1.165) is 13.0 Å². The number of aromatic amines is 1. The van der Waals surface area contributed by atoms with E-state index in [4.69, 9.17) is 0 Å². The Balaban J connectivity index is 1.33. The molecule has 0 aliphatic carbocycles. The van der Waals surface area contributed by atoms with Crippen molar-refractivity contribution in [2.75, 3.05) is 0 Å². The number of hydrogen-bond donors (Lipinski definition) is 1. The highest BCUT2D eigenvalue weighted by Crippen LogP contribution is 2.40. The normalized spacial score (nSPS) is 12.3. The lowest BCUT2D eigenvalue weighted by Gasteiger charge is -2.09. The van der Waals surface area contributed by atoms with Gasteiger partial charge in [-0.3, -0.25) is 4.40 Å². The van der Waals surface area contributed by atoms with Gasteiger partial charge in [-0.1, -0.05) is 83.9 Å². The van der Waals surface area contributed by atoms with Crippen molar-refractivity contribution < 1.29 is 0 Å². The fourth-order valence-electron chi connectivity index (χ4n) is 6.63. The molecule has 1 N–H and O–H groups in total. The van der Waals surface area contributed by atoms with Crippen molar-refractivity contribution >= 4 is 49.1 Å². The average molecular weight is 478 g/mol. The van der Waals surface area contributed by atoms with E-state index in [-0.39, 0.29) is 0 Å². The number of benzene rings is 4. The summed E-state index contributed by atoms with van der Waals surface area (Å²) in [4.78, 5) is 3.76. The quantitative estimate of drug-likeness (QED) is 0.262. The topological polar surface area (TPSA) is 25.1 Å². The summed E-state index contributed by atoms with van der Waals surface area (Å²) in [5.74, 6) is 0. The summed E-state index contributed by atoms with van der Waals surface area (Å²) < 4.78 is 4.97. The van der Waals surface area contributed by atoms with Gasteiger partial charge >= 0.3 is 0 Å². The monoisotopic (exact) mass is 477 g/mol. The Hall–Kier alpha value is -4.50. The van der Waals surface area contributed by atoms with E-state index < -0.39 is 0 Å². The van der Waals surface area contributed by atoms with Crippen LogP contribution in [0.1, 0.15) is 16.7 Å². The fourth-order valence-corrected chi connectivity index (χ4v) is 6.63. The molecule has 3 nitrogen and oxygen atoms in total. The predicted molar refractivity (Wildman–Crippen MR) is 156 cm³/mol. The molecule has 0 saturated heterocycles. The molecule has 0 aliphatic rings. The van der Waals surface area contributed by atoms with Crippen molar-refractivity contribution in [3.63, 3.8) is 0 Å². The van der Waals surface area contributed by atoms with E-state index in [1.165, 1.54) is 77.1 Å². The van der Waals surface area contributed by atoms with Gasteiger partial charge in [-0.25, -0.2) is 0 Å². The van der Waals surface area contributed by atoms with Crippen LogP contribution in [-0.4, -0.2) is 14.0 Å². The van der Waals surface area contributed by atoms with Gasteiger partial charge in [-0.2, -0.15) is 0 Å². The molecule has 178 valence electrons. The van der Waals surface area contributed by atoms with Crippen LogP contribution in [0.15, 0.2) is 97.2 Å². The summed E-state index contributed by atoms with van der Waals surface area (Å²) >= 11 is 0. The van der Waals surface area contributed by atoms with Crippen LogP contribution in [0, 0.1) is 13.8 Å². The molecule has 4 heterocycles. The minimum absolute atomic E-state index is 0.926. The maximum atomic E-state index is 3.76. The molecule has 0 unspecified atom stereocenters. The molecule has 3 heteroatoms. The molecule has 8 aromatic rings. The van der Waals surface area contributed by atoms with Gasteiger partial charge < -0.3 is 9.55 Å². The van der Waals surface area contributed by atoms with Gasteiger partial charge in [0.25, 0.3) is 0 Å². The van der Waals surface area contributed by atoms with Crippen LogP contribution in [-0.2, 0) is 13.0 Å². The fraction of sp³-hybridized carbons (Fsp3) is 0.118. The molecule has 4 aromatic carbocycles. The van der Waals surface area contributed by atoms with Gasteiger partial charge in [-0.05, 0) is 49.6 Å². The number of H-pyrrole nitrogens is 1. The zero-order valence-electron chi connectivity index (χ0n) is 21.0. The molecular weight excluding hydrogens is 450 g/mol. The minimum atomic E-state index is 0.926. The Morgan fingerprint density at radius 1 is 0.676 bits per heavy atom. The van der Waals surface area contributed by atoms with Crippen molar-refractivity contribution in [3.05, 3.63) is 114 Å². The lowest BCUT2D eigenvalue weighted by atomic mass is 9.99. The summed E-state index contributed by atoms with van der Waals surface area (Å²) in [6.07, 6.45) is 3.26. The SMILES string of the molecule is Cc1cc(C)cc(-c2[nH]c3ccccc3c2CCn2c3c4ccccc4c2n2cc4ccccc4c32)c1. The van der Waals surface area contributed by atoms with E-state index in [9.17, 15) is 0 Å². The van der Waals surface area contributed by atoms with Gasteiger partial charge in [-0.15, -0.1) is 0 Å². The number of aromatic nitrogens is 3. The lowest BCUT2D eigenvalue weighted by molar-refractivity contribution is 0.748. The highest BCUT2D eigenvalue weighted by molar-refractivity contribution is 6.21. The molecule has 0 fully saturated rings. The third-order valence-electron chi connectivity index (χ3n) is 8.04. The number of nitrogens with one attached hydrogen (secondary N) is 1. The maximum absolute atomic E-state index is 3.76. The second-order valence-corrected chi connectivity index (χ2v) is 10.5. The molecule has 0 atom stereocenters. The first kappa shape index (κ1) is 20.7. The first-order valence-corrected chi connectivity index (χ1v) is 13.1. The molecule has 2 bridgehead atoms. The molecule has 37 heavy (non-hydrogen) atoms. The Kier molecular flexibility index (Phi) is 4.19. The van der Waals surface area contributed by atoms with Crippen LogP contribution >= 0.6 is 0 Å². The van der Waals surface area contributed by atoms with Gasteiger partial charge in [0.15, 0.2) is 0 Å². The first-order chi connectivity index (χ1) is 18.2. The van der Waals surface area contributed by atoms with E-state index in [1.54, 1.807) is 0 Å². The summed E-state index contributed by atoms with van der Waals surface area (Å²) in [7, 11) is 0. The molecule has 0 spiro atoms. The van der Waals surface area contributed by atoms with Crippen LogP contribution < -0.4 is 0 Å². The first-order valence-electron chi connectivity index (χ1n) is 13.1. The summed E-state index contributed by atoms with van der Waals surface area (Å²) in [5.41, 5.74) is 11.7. The predicted octanol–water partition coefficient (Wildman–Crippen LogP) is 8.65. The highest BCUT2D eigenvalue weighted by atomic mass is 15.1. The average Bonchev–Trinajstić information content (AvgIpc) is 3.62. The van der Waals surface area contributed by atoms with Gasteiger partial charge in [0, 0.05) is 50.9 Å². The molecule has 0 aliphatic heterocycles. The van der Waals surface area contributed by atoms with Crippen LogP contribution in [0.3, 0.4) is 0 Å². The van der Waals surface area contributed by atoms with Gasteiger partial charge in [0.1, 0.15) is 5.65 Å². The third kappa shape index (κ3) is 2.88. The number of aryl methyl sites for hydroxylation is 4. The van der Waals surface area contributed by atoms with Crippen molar-refractivity contribution in [1.82, 2.24) is 14.0 Å². The van der Waals surface area contributed by atoms with E-state index in [1.807, 2.05) is 0 Å². The molecule has 0 amide bonds. The van der Waals surface area contributed by atoms with Crippen molar-refractivity contribution in [2.24, 2.45) is 0 Å². The van der Waals surface area contributed by atoms with Crippen LogP contribution in [0.4, 0.5) is 0 Å². The number of fused-ring (bicyclic) bond motifs is 11. The Morgan fingerprint density at radius 3 is 2.16 bits per heavy atom. The van der Waals surface area contributed by atoms with Crippen LogP contribution in [0.5, 0.6) is 0 Å². The Labute approximate surface area is 214 Å². The van der Waals surface area contributed by atoms with Gasteiger partial charge in [0.2, 0.25) is 0 Å². The number of rotatable bonds is 4. The standard InChI is InChI=1S/C34H27N3/c1-21-17-22(2)19-24(18-21)31-27(26-11-7-8-14-30(26)35-31)15-16-36-33-28-12-5-6-13-29(28)34(36)37-20-23-9-3-4-10-25(23)32(33)37/h3-14,17-20,35H,15-16H2,1-2H3. The second-order valence-electron chi connectivity index (χ2n) is 10.5. The lowest BCUT2D eigenvalue weighted by Crippen LogP contribution is -2.01. The van der Waals surface area contributed by atoms with E-state index in [0.29, 0.717) is 0 Å². The number of imidazole rings is 1. The van der Waals surface area contributed by atoms with Crippen LogP contribution in [0.2, 0.25) is 0 Å². The summed E-state index contributed by atoms with van der Waals surface area (Å²) in [6.45, 7) is 5.29. The molecule has 4 aromatic heterocycles. The second kappa shape index (κ2) is 7.50. The van der Waals surface area contributed by atoms with Crippen molar-refractivity contribution in [2.45, 2.75) is 26.8 Å². The number of nitrogens with zero attached hydrogens (tertiary/aromatic N) is 2. The number of hydrogen-bond acceptors (Lipinski definition) is 0. The highest BCUT2D eigenvalue weighted by Gasteiger charge is 2.23. The Bertz CT molecular complexity index is 2090.